The second kappa shape index (κ2) is 7.04. The van der Waals surface area contributed by atoms with Gasteiger partial charge in [-0.1, -0.05) is 30.3 Å². The topological polar surface area (TPSA) is 35.5 Å². The van der Waals surface area contributed by atoms with Crippen LogP contribution in [0.2, 0.25) is 0 Å². The number of hydrogen-bond acceptors (Lipinski definition) is 3. The molecule has 1 heterocycles. The van der Waals surface area contributed by atoms with Crippen LogP contribution >= 0.6 is 45.2 Å². The monoisotopic (exact) mass is 530 g/mol. The third-order valence-corrected chi connectivity index (χ3v) is 4.76. The fourth-order valence-corrected chi connectivity index (χ4v) is 4.41. The Morgan fingerprint density at radius 3 is 2.57 bits per heavy atom. The second-order valence-electron chi connectivity index (χ2n) is 4.87. The fourth-order valence-electron chi connectivity index (χ4n) is 2.30. The zero-order chi connectivity index (χ0) is 16.4. The number of cyclic esters (lactones) is 1. The fraction of sp³-hybridized carbons (Fsp3) is 0.0556. The lowest BCUT2D eigenvalue weighted by Crippen LogP contribution is -1.98. The van der Waals surface area contributed by atoms with Crippen molar-refractivity contribution in [2.24, 2.45) is 0 Å². The number of carbonyl (C=O) groups is 1. The van der Waals surface area contributed by atoms with Gasteiger partial charge in [-0.2, -0.15) is 0 Å². The normalized spacial score (nSPS) is 15.5. The Morgan fingerprint density at radius 2 is 1.87 bits per heavy atom. The first kappa shape index (κ1) is 16.5. The van der Waals surface area contributed by atoms with E-state index in [1.165, 1.54) is 0 Å². The molecule has 2 aromatic rings. The van der Waals surface area contributed by atoms with Gasteiger partial charge >= 0.3 is 5.97 Å². The Labute approximate surface area is 161 Å². The molecule has 0 fully saturated rings. The molecular formula is C18H12I2O3. The summed E-state index contributed by atoms with van der Waals surface area (Å²) in [6, 6.07) is 13.6. The van der Waals surface area contributed by atoms with Gasteiger partial charge in [0.05, 0.1) is 16.3 Å². The molecule has 3 nitrogen and oxygen atoms in total. The molecule has 0 N–H and O–H groups in total. The van der Waals surface area contributed by atoms with Crippen LogP contribution in [0.25, 0.3) is 11.8 Å². The molecule has 0 spiro atoms. The minimum atomic E-state index is -0.347. The summed E-state index contributed by atoms with van der Waals surface area (Å²) in [5, 5.41) is 0. The first-order valence-electron chi connectivity index (χ1n) is 6.82. The van der Waals surface area contributed by atoms with Crippen molar-refractivity contribution in [3.8, 4) is 5.75 Å². The van der Waals surface area contributed by atoms with Crippen LogP contribution in [0, 0.1) is 7.14 Å². The van der Waals surface area contributed by atoms with Gasteiger partial charge in [-0.3, -0.25) is 0 Å². The Balaban J connectivity index is 2.03. The van der Waals surface area contributed by atoms with E-state index in [9.17, 15) is 4.79 Å². The van der Waals surface area contributed by atoms with E-state index in [1.807, 2.05) is 42.5 Å². The third-order valence-electron chi connectivity index (χ3n) is 3.34. The van der Waals surface area contributed by atoms with Gasteiger partial charge in [0, 0.05) is 14.7 Å². The largest absolute Gasteiger partial charge is 0.495 e. The maximum atomic E-state index is 12.1. The first-order chi connectivity index (χ1) is 11.1. The van der Waals surface area contributed by atoms with Gasteiger partial charge in [0.25, 0.3) is 0 Å². The molecule has 1 aliphatic rings. The highest BCUT2D eigenvalue weighted by atomic mass is 127. The van der Waals surface area contributed by atoms with Crippen molar-refractivity contribution in [2.75, 3.05) is 7.11 Å². The molecule has 3 rings (SSSR count). The van der Waals surface area contributed by atoms with Crippen molar-refractivity contribution < 1.29 is 14.3 Å². The molecule has 0 atom stereocenters. The lowest BCUT2D eigenvalue weighted by atomic mass is 10.1. The van der Waals surface area contributed by atoms with E-state index in [0.717, 1.165) is 24.0 Å². The Kier molecular flexibility index (Phi) is 5.05. The average Bonchev–Trinajstić information content (AvgIpc) is 2.89. The zero-order valence-electron chi connectivity index (χ0n) is 12.2. The molecule has 5 heteroatoms. The number of ether oxygens (including phenoxy) is 2. The van der Waals surface area contributed by atoms with Gasteiger partial charge in [0.15, 0.2) is 0 Å². The highest BCUT2D eigenvalue weighted by Gasteiger charge is 2.22. The van der Waals surface area contributed by atoms with Crippen LogP contribution in [-0.2, 0) is 9.53 Å². The average molecular weight is 530 g/mol. The number of carbonyl (C=O) groups excluding carboxylic acids is 1. The molecule has 0 aliphatic carbocycles. The van der Waals surface area contributed by atoms with Gasteiger partial charge in [-0.05, 0) is 69.5 Å². The van der Waals surface area contributed by atoms with Crippen LogP contribution in [0.3, 0.4) is 0 Å². The van der Waals surface area contributed by atoms with E-state index in [0.29, 0.717) is 11.3 Å². The van der Waals surface area contributed by atoms with Crippen molar-refractivity contribution in [2.45, 2.75) is 0 Å². The minimum absolute atomic E-state index is 0.347. The quantitative estimate of drug-likeness (QED) is 0.323. The molecular weight excluding hydrogens is 518 g/mol. The molecule has 23 heavy (non-hydrogen) atoms. The number of rotatable bonds is 3. The minimum Gasteiger partial charge on any atom is -0.495 e. The summed E-state index contributed by atoms with van der Waals surface area (Å²) < 4.78 is 12.9. The Morgan fingerprint density at radius 1 is 1.13 bits per heavy atom. The molecule has 0 amide bonds. The summed E-state index contributed by atoms with van der Waals surface area (Å²) in [5.74, 6) is 0.980. The molecule has 1 aliphatic heterocycles. The summed E-state index contributed by atoms with van der Waals surface area (Å²) >= 11 is 4.47. The Bertz CT molecular complexity index is 824. The lowest BCUT2D eigenvalue weighted by molar-refractivity contribution is -0.130. The number of halogens is 2. The highest BCUT2D eigenvalue weighted by molar-refractivity contribution is 14.1. The molecule has 0 radical (unpaired) electrons. The molecule has 2 aromatic carbocycles. The predicted molar refractivity (Wildman–Crippen MR) is 107 cm³/mol. The first-order valence-corrected chi connectivity index (χ1v) is 8.98. The molecule has 0 bridgehead atoms. The van der Waals surface area contributed by atoms with Gasteiger partial charge in [-0.25, -0.2) is 4.79 Å². The number of esters is 1. The molecule has 0 saturated carbocycles. The van der Waals surface area contributed by atoms with E-state index in [1.54, 1.807) is 19.3 Å². The van der Waals surface area contributed by atoms with Crippen molar-refractivity contribution >= 4 is 63.0 Å². The third kappa shape index (κ3) is 3.60. The summed E-state index contributed by atoms with van der Waals surface area (Å²) in [6.45, 7) is 0. The number of methoxy groups -OCH3 is 1. The van der Waals surface area contributed by atoms with E-state index < -0.39 is 0 Å². The standard InChI is InChI=1S/C18H12I2O3/c1-22-17-12(8-14(19)10-15(17)20)7-13-9-16(23-18(13)21)11-5-3-2-4-6-11/h2-10H,1H3/b13-7-. The van der Waals surface area contributed by atoms with Gasteiger partial charge in [0.2, 0.25) is 0 Å². The molecule has 0 saturated heterocycles. The molecule has 0 aromatic heterocycles. The predicted octanol–water partition coefficient (Wildman–Crippen LogP) is 4.89. The van der Waals surface area contributed by atoms with E-state index in [-0.39, 0.29) is 5.97 Å². The summed E-state index contributed by atoms with van der Waals surface area (Å²) in [7, 11) is 1.63. The second-order valence-corrected chi connectivity index (χ2v) is 7.28. The van der Waals surface area contributed by atoms with Crippen LogP contribution < -0.4 is 4.74 Å². The maximum absolute atomic E-state index is 12.1. The summed E-state index contributed by atoms with van der Waals surface area (Å²) in [5.41, 5.74) is 2.26. The van der Waals surface area contributed by atoms with Crippen molar-refractivity contribution in [3.05, 3.63) is 72.4 Å². The van der Waals surface area contributed by atoms with Crippen molar-refractivity contribution in [3.63, 3.8) is 0 Å². The van der Waals surface area contributed by atoms with Gasteiger partial charge < -0.3 is 9.47 Å². The lowest BCUT2D eigenvalue weighted by Gasteiger charge is -2.08. The van der Waals surface area contributed by atoms with Crippen LogP contribution in [0.1, 0.15) is 11.1 Å². The van der Waals surface area contributed by atoms with Crippen LogP contribution in [0.5, 0.6) is 5.75 Å². The highest BCUT2D eigenvalue weighted by Crippen LogP contribution is 2.32. The molecule has 116 valence electrons. The van der Waals surface area contributed by atoms with Crippen LogP contribution in [0.4, 0.5) is 0 Å². The smallest absolute Gasteiger partial charge is 0.343 e. The van der Waals surface area contributed by atoms with Gasteiger partial charge in [0.1, 0.15) is 11.5 Å². The summed E-state index contributed by atoms with van der Waals surface area (Å²) in [6.07, 6.45) is 3.57. The summed E-state index contributed by atoms with van der Waals surface area (Å²) in [4.78, 5) is 12.1. The van der Waals surface area contributed by atoms with Crippen molar-refractivity contribution in [1.29, 1.82) is 0 Å². The number of hydrogen-bond donors (Lipinski definition) is 0. The Hall–Kier alpha value is -1.35. The number of benzene rings is 2. The zero-order valence-corrected chi connectivity index (χ0v) is 16.5. The van der Waals surface area contributed by atoms with Crippen LogP contribution in [-0.4, -0.2) is 13.1 Å². The van der Waals surface area contributed by atoms with E-state index >= 15 is 0 Å². The van der Waals surface area contributed by atoms with E-state index in [2.05, 4.69) is 45.2 Å². The SMILES string of the molecule is COc1c(I)cc(I)cc1/C=C1/C=C(c2ccccc2)OC1=O. The van der Waals surface area contributed by atoms with Crippen molar-refractivity contribution in [1.82, 2.24) is 0 Å². The maximum Gasteiger partial charge on any atom is 0.343 e. The van der Waals surface area contributed by atoms with Gasteiger partial charge in [-0.15, -0.1) is 0 Å². The molecule has 0 unspecified atom stereocenters. The van der Waals surface area contributed by atoms with Crippen LogP contribution in [0.15, 0.2) is 54.1 Å². The van der Waals surface area contributed by atoms with E-state index in [4.69, 9.17) is 9.47 Å².